The van der Waals surface area contributed by atoms with Crippen molar-refractivity contribution in [2.24, 2.45) is 5.92 Å². The van der Waals surface area contributed by atoms with Gasteiger partial charge in [0.1, 0.15) is 5.58 Å². The van der Waals surface area contributed by atoms with Crippen molar-refractivity contribution in [3.8, 4) is 28.3 Å². The Kier molecular flexibility index (Phi) is 11.4. The first kappa shape index (κ1) is 40.5. The van der Waals surface area contributed by atoms with Gasteiger partial charge in [-0.2, -0.15) is 0 Å². The second kappa shape index (κ2) is 17.7. The molecule has 4 heterocycles. The summed E-state index contributed by atoms with van der Waals surface area (Å²) in [6.07, 6.45) is 3.02. The monoisotopic (exact) mass is 1070 g/mol. The Balaban J connectivity index is 0.000000178. The van der Waals surface area contributed by atoms with Crippen molar-refractivity contribution in [3.63, 3.8) is 0 Å². The van der Waals surface area contributed by atoms with Crippen LogP contribution in [0.5, 0.6) is 0 Å². The summed E-state index contributed by atoms with van der Waals surface area (Å²) in [5.74, 6) is 9.36. The third-order valence-corrected chi connectivity index (χ3v) is 16.1. The number of rotatable bonds is 8. The molecule has 4 aromatic heterocycles. The van der Waals surface area contributed by atoms with Crippen molar-refractivity contribution in [1.82, 2.24) is 14.5 Å². The van der Waals surface area contributed by atoms with Gasteiger partial charge in [-0.3, -0.25) is 4.98 Å². The molecule has 0 fully saturated rings. The summed E-state index contributed by atoms with van der Waals surface area (Å²) in [6.45, 7) is 11.3. The average molecular weight is 1070 g/mol. The maximum atomic E-state index is 8.01. The van der Waals surface area contributed by atoms with Gasteiger partial charge in [-0.1, -0.05) is 81.6 Å². The predicted octanol–water partition coefficient (Wildman–Crippen LogP) is 15.1. The number of nitrogens with zero attached hydrogens (tertiary/aromatic N) is 3. The number of fused-ring (bicyclic) bond motifs is 7. The quantitative estimate of drug-likeness (QED) is 0.112. The maximum absolute atomic E-state index is 8.01. The first-order valence-electron chi connectivity index (χ1n) is 23.3. The van der Waals surface area contributed by atoms with E-state index in [-0.39, 0.29) is 25.7 Å². The van der Waals surface area contributed by atoms with E-state index in [0.717, 1.165) is 67.4 Å². The van der Waals surface area contributed by atoms with Crippen LogP contribution >= 0.6 is 0 Å². The van der Waals surface area contributed by atoms with Gasteiger partial charge in [0.15, 0.2) is 0 Å². The van der Waals surface area contributed by atoms with Crippen molar-refractivity contribution in [3.05, 3.63) is 156 Å². The number of benzene rings is 6. The van der Waals surface area contributed by atoms with Crippen molar-refractivity contribution < 1.29 is 33.1 Å². The van der Waals surface area contributed by atoms with E-state index in [4.69, 9.17) is 22.9 Å². The molecule has 10 aromatic rings. The zero-order valence-corrected chi connectivity index (χ0v) is 42.0. The van der Waals surface area contributed by atoms with Crippen LogP contribution < -0.4 is 4.40 Å². The SMILES string of the molecule is CC(C)c1cccc(C(C)C)c1-n1c(-c2[c-]cc3oc4ccccc4c3c2)nc2ccccc21.[2H]C([2H])([2H])c1c[c-]c(-c2cc(CC(C)C)[c]([Ge]([CH3])([CH3])[CH3])cn2)c2oc3ccccc3c12.[Ir]. The molecule has 6 aromatic carbocycles. The summed E-state index contributed by atoms with van der Waals surface area (Å²) in [7, 11) is 0. The molecule has 0 N–H and O–H groups in total. The van der Waals surface area contributed by atoms with Crippen LogP contribution in [0, 0.1) is 24.9 Å². The molecule has 0 unspecified atom stereocenters. The Hall–Kier alpha value is -5.27. The van der Waals surface area contributed by atoms with Gasteiger partial charge in [-0.15, -0.1) is 23.8 Å². The smallest absolute Gasteiger partial charge is 0 e. The largest absolute Gasteiger partial charge is 0 e. The number of imidazole rings is 1. The molecule has 0 spiro atoms. The molecule has 7 heteroatoms. The first-order valence-corrected chi connectivity index (χ1v) is 29.1. The van der Waals surface area contributed by atoms with Gasteiger partial charge >= 0.3 is 174 Å². The summed E-state index contributed by atoms with van der Waals surface area (Å²) in [4.78, 5) is 9.94. The number of aromatic nitrogens is 3. The Morgan fingerprint density at radius 2 is 1.38 bits per heavy atom. The van der Waals surface area contributed by atoms with Gasteiger partial charge in [0.05, 0.1) is 22.4 Å². The van der Waals surface area contributed by atoms with Gasteiger partial charge in [-0.25, -0.2) is 0 Å². The van der Waals surface area contributed by atoms with E-state index in [0.29, 0.717) is 34.3 Å². The molecule has 10 rings (SSSR count). The summed E-state index contributed by atoms with van der Waals surface area (Å²) >= 11 is -2.09. The van der Waals surface area contributed by atoms with Gasteiger partial charge in [0.2, 0.25) is 0 Å². The number of aryl methyl sites for hydroxylation is 1. The fourth-order valence-electron chi connectivity index (χ4n) is 8.88. The third kappa shape index (κ3) is 8.34. The van der Waals surface area contributed by atoms with Crippen molar-refractivity contribution in [2.45, 2.75) is 83.9 Å². The van der Waals surface area contributed by atoms with Crippen molar-refractivity contribution in [2.75, 3.05) is 0 Å². The average Bonchev–Trinajstić information content (AvgIpc) is 3.96. The van der Waals surface area contributed by atoms with E-state index >= 15 is 0 Å². The van der Waals surface area contributed by atoms with Crippen LogP contribution in [0.25, 0.3) is 83.2 Å². The second-order valence-electron chi connectivity index (χ2n) is 18.5. The minimum absolute atomic E-state index is 0. The number of para-hydroxylation sites is 5. The molecule has 0 aliphatic heterocycles. The van der Waals surface area contributed by atoms with Gasteiger partial charge in [0.25, 0.3) is 0 Å². The summed E-state index contributed by atoms with van der Waals surface area (Å²) in [5, 5.41) is 3.64. The van der Waals surface area contributed by atoms with E-state index < -0.39 is 20.1 Å². The van der Waals surface area contributed by atoms with E-state index in [1.807, 2.05) is 48.7 Å². The number of furan rings is 2. The third-order valence-electron chi connectivity index (χ3n) is 11.8. The van der Waals surface area contributed by atoms with E-state index in [1.54, 1.807) is 6.07 Å². The first-order chi connectivity index (χ1) is 31.0. The predicted molar refractivity (Wildman–Crippen MR) is 263 cm³/mol. The Morgan fingerprint density at radius 1 is 0.714 bits per heavy atom. The molecule has 321 valence electrons. The van der Waals surface area contributed by atoms with Crippen molar-refractivity contribution >= 4 is 72.6 Å². The summed E-state index contributed by atoms with van der Waals surface area (Å²) in [5.41, 5.74) is 13.0. The van der Waals surface area contributed by atoms with Crippen LogP contribution in [0.15, 0.2) is 130 Å². The topological polar surface area (TPSA) is 57.0 Å². The second-order valence-corrected chi connectivity index (χ2v) is 29.1. The Bertz CT molecular complexity index is 3360. The molecular weight excluding hydrogens is 1010 g/mol. The summed E-state index contributed by atoms with van der Waals surface area (Å²) in [6, 6.07) is 45.4. The standard InChI is InChI=1S/C31H27N2O.C25H28GeNO.Ir/c1-19(2)22-11-9-12-23(20(3)4)30(22)33-27-14-7-6-13-26(27)32-31(33)21-16-17-29-25(18-21)24-10-5-8-15-28(24)34-29;1-16(2)13-18-14-22(27-15-21(18)26(4,5)6)19-12-11-17(3)24-20-9-7-8-10-23(20)28-25(19)24;/h5-15,17-20H,1-4H3;7-11,14-16H,13H2,1-6H3;/q2*-1;/i;3D3;. The number of hydrogen-bond donors (Lipinski definition) is 0. The maximum Gasteiger partial charge on any atom is 0 e. The zero-order valence-electron chi connectivity index (χ0n) is 40.5. The normalized spacial score (nSPS) is 12.9. The molecule has 0 bridgehead atoms. The fourth-order valence-corrected chi connectivity index (χ4v) is 12.2. The Morgan fingerprint density at radius 3 is 2.06 bits per heavy atom. The molecule has 63 heavy (non-hydrogen) atoms. The van der Waals surface area contributed by atoms with Gasteiger partial charge in [0, 0.05) is 31.2 Å². The minimum atomic E-state index is -2.25. The number of pyridine rings is 1. The number of hydrogen-bond acceptors (Lipinski definition) is 4. The summed E-state index contributed by atoms with van der Waals surface area (Å²) < 4.78 is 40.0. The van der Waals surface area contributed by atoms with Crippen LogP contribution in [-0.4, -0.2) is 27.8 Å². The molecule has 0 saturated heterocycles. The van der Waals surface area contributed by atoms with Crippen LogP contribution in [0.1, 0.15) is 79.7 Å². The molecular formula is C56H55GeIrN3O2-2. The molecule has 5 nitrogen and oxygen atoms in total. The molecule has 0 amide bonds. The molecule has 1 radical (unpaired) electrons. The van der Waals surface area contributed by atoms with Gasteiger partial charge in [-0.05, 0) is 41.2 Å². The van der Waals surface area contributed by atoms with Crippen molar-refractivity contribution in [1.29, 1.82) is 0 Å². The molecule has 0 aliphatic carbocycles. The molecule has 0 aliphatic rings. The van der Waals surface area contributed by atoms with Crippen LogP contribution in [0.2, 0.25) is 17.3 Å². The van der Waals surface area contributed by atoms with Crippen LogP contribution in [0.4, 0.5) is 0 Å². The van der Waals surface area contributed by atoms with E-state index in [1.165, 1.54) is 26.8 Å². The van der Waals surface area contributed by atoms with Crippen LogP contribution in [0.3, 0.4) is 0 Å². The molecule has 0 atom stereocenters. The fraction of sp³-hybridized carbons (Fsp3) is 0.250. The zero-order chi connectivity index (χ0) is 45.9. The molecule has 0 saturated carbocycles. The van der Waals surface area contributed by atoms with Gasteiger partial charge < -0.3 is 8.98 Å². The van der Waals surface area contributed by atoms with Crippen LogP contribution in [-0.2, 0) is 26.5 Å². The van der Waals surface area contributed by atoms with E-state index in [9.17, 15) is 0 Å². The van der Waals surface area contributed by atoms with E-state index in [2.05, 4.69) is 142 Å². The Labute approximate surface area is 391 Å². The minimum Gasteiger partial charge on any atom is 0 e.